The van der Waals surface area contributed by atoms with E-state index in [0.29, 0.717) is 11.0 Å². The number of rotatable bonds is 3. The molecule has 3 rings (SSSR count). The number of aryl methyl sites for hydroxylation is 3. The number of phenols is 1. The number of furan rings is 1. The highest BCUT2D eigenvalue weighted by Crippen LogP contribution is 2.33. The zero-order valence-corrected chi connectivity index (χ0v) is 13.4. The number of allylic oxidation sites excluding steroid dienone is 1. The van der Waals surface area contributed by atoms with Crippen molar-refractivity contribution in [2.75, 3.05) is 0 Å². The van der Waals surface area contributed by atoms with Gasteiger partial charge < -0.3 is 9.52 Å². The van der Waals surface area contributed by atoms with Crippen molar-refractivity contribution in [2.45, 2.75) is 20.8 Å². The number of hydrogen-bond donors (Lipinski definition) is 1. The first-order valence-electron chi connectivity index (χ1n) is 7.47. The van der Waals surface area contributed by atoms with Gasteiger partial charge in [-0.1, -0.05) is 29.8 Å². The van der Waals surface area contributed by atoms with Gasteiger partial charge in [0.1, 0.15) is 11.3 Å². The van der Waals surface area contributed by atoms with E-state index >= 15 is 0 Å². The van der Waals surface area contributed by atoms with Gasteiger partial charge in [-0.15, -0.1) is 0 Å². The summed E-state index contributed by atoms with van der Waals surface area (Å²) >= 11 is 0. The van der Waals surface area contributed by atoms with Gasteiger partial charge in [-0.3, -0.25) is 4.79 Å². The SMILES string of the molecule is Cc1ccc(/C=C/C(=O)c2ccc3occ(C)c3c2O)c(C)c1. The molecule has 116 valence electrons. The zero-order valence-electron chi connectivity index (χ0n) is 13.4. The minimum Gasteiger partial charge on any atom is -0.506 e. The highest BCUT2D eigenvalue weighted by molar-refractivity contribution is 6.11. The summed E-state index contributed by atoms with van der Waals surface area (Å²) in [5, 5.41) is 11.0. The molecule has 3 nitrogen and oxygen atoms in total. The smallest absolute Gasteiger partial charge is 0.189 e. The van der Waals surface area contributed by atoms with Crippen LogP contribution in [0.4, 0.5) is 0 Å². The van der Waals surface area contributed by atoms with Crippen molar-refractivity contribution in [3.63, 3.8) is 0 Å². The van der Waals surface area contributed by atoms with Gasteiger partial charge in [0.05, 0.1) is 17.2 Å². The first-order valence-corrected chi connectivity index (χ1v) is 7.47. The molecule has 0 saturated carbocycles. The third-order valence-corrected chi connectivity index (χ3v) is 4.00. The van der Waals surface area contributed by atoms with Gasteiger partial charge in [0.2, 0.25) is 0 Å². The number of aromatic hydroxyl groups is 1. The van der Waals surface area contributed by atoms with Gasteiger partial charge in [0, 0.05) is 0 Å². The number of benzene rings is 2. The Morgan fingerprint density at radius 2 is 1.87 bits per heavy atom. The topological polar surface area (TPSA) is 50.4 Å². The van der Waals surface area contributed by atoms with Gasteiger partial charge in [0.25, 0.3) is 0 Å². The van der Waals surface area contributed by atoms with E-state index in [2.05, 4.69) is 6.07 Å². The van der Waals surface area contributed by atoms with Crippen molar-refractivity contribution in [1.82, 2.24) is 0 Å². The minimum absolute atomic E-state index is 0.0240. The predicted molar refractivity (Wildman–Crippen MR) is 91.9 cm³/mol. The predicted octanol–water partition coefficient (Wildman–Crippen LogP) is 4.96. The third kappa shape index (κ3) is 2.78. The van der Waals surface area contributed by atoms with Crippen molar-refractivity contribution in [1.29, 1.82) is 0 Å². The van der Waals surface area contributed by atoms with Crippen LogP contribution in [-0.2, 0) is 0 Å². The van der Waals surface area contributed by atoms with Gasteiger partial charge >= 0.3 is 0 Å². The monoisotopic (exact) mass is 306 g/mol. The van der Waals surface area contributed by atoms with E-state index in [1.165, 1.54) is 11.6 Å². The van der Waals surface area contributed by atoms with E-state index in [1.54, 1.807) is 24.5 Å². The maximum atomic E-state index is 12.4. The van der Waals surface area contributed by atoms with Crippen molar-refractivity contribution in [3.05, 3.63) is 70.5 Å². The van der Waals surface area contributed by atoms with Gasteiger partial charge in [-0.2, -0.15) is 0 Å². The molecular formula is C20H18O3. The Hall–Kier alpha value is -2.81. The van der Waals surface area contributed by atoms with E-state index in [4.69, 9.17) is 4.42 Å². The Balaban J connectivity index is 1.96. The summed E-state index contributed by atoms with van der Waals surface area (Å²) in [6.45, 7) is 5.88. The largest absolute Gasteiger partial charge is 0.506 e. The molecule has 0 amide bonds. The normalized spacial score (nSPS) is 11.4. The Labute approximate surface area is 134 Å². The Morgan fingerprint density at radius 1 is 1.09 bits per heavy atom. The molecule has 1 N–H and O–H groups in total. The average molecular weight is 306 g/mol. The fraction of sp³-hybridized carbons (Fsp3) is 0.150. The lowest BCUT2D eigenvalue weighted by Gasteiger charge is -2.04. The standard InChI is InChI=1S/C20H18O3/c1-12-4-5-15(13(2)10-12)6-8-17(21)16-7-9-18-19(20(16)22)14(3)11-23-18/h4-11,22H,1-3H3/b8-6+. The van der Waals surface area contributed by atoms with Crippen molar-refractivity contribution < 1.29 is 14.3 Å². The molecule has 1 aromatic heterocycles. The molecule has 0 saturated heterocycles. The lowest BCUT2D eigenvalue weighted by molar-refractivity contribution is 0.104. The number of hydrogen-bond acceptors (Lipinski definition) is 3. The molecule has 0 spiro atoms. The molecule has 0 aliphatic heterocycles. The van der Waals surface area contributed by atoms with Crippen LogP contribution in [0.3, 0.4) is 0 Å². The average Bonchev–Trinajstić information content (AvgIpc) is 2.88. The first-order chi connectivity index (χ1) is 11.0. The minimum atomic E-state index is -0.232. The van der Waals surface area contributed by atoms with Crippen LogP contribution in [0.2, 0.25) is 0 Å². The van der Waals surface area contributed by atoms with E-state index < -0.39 is 0 Å². The molecule has 0 atom stereocenters. The summed E-state index contributed by atoms with van der Waals surface area (Å²) in [7, 11) is 0. The van der Waals surface area contributed by atoms with Crippen LogP contribution < -0.4 is 0 Å². The van der Waals surface area contributed by atoms with Crippen LogP contribution >= 0.6 is 0 Å². The van der Waals surface area contributed by atoms with Gasteiger partial charge in [0.15, 0.2) is 5.78 Å². The van der Waals surface area contributed by atoms with Crippen LogP contribution in [-0.4, -0.2) is 10.9 Å². The van der Waals surface area contributed by atoms with Gasteiger partial charge in [-0.25, -0.2) is 0 Å². The maximum absolute atomic E-state index is 12.4. The lowest BCUT2D eigenvalue weighted by atomic mass is 10.0. The van der Waals surface area contributed by atoms with E-state index in [9.17, 15) is 9.90 Å². The number of ketones is 1. The molecule has 2 aromatic carbocycles. The molecule has 0 fully saturated rings. The van der Waals surface area contributed by atoms with Crippen molar-refractivity contribution >= 4 is 22.8 Å². The molecule has 0 unspecified atom stereocenters. The quantitative estimate of drug-likeness (QED) is 0.549. The molecule has 0 aliphatic carbocycles. The molecule has 3 aromatic rings. The second-order valence-corrected chi connectivity index (χ2v) is 5.81. The molecule has 23 heavy (non-hydrogen) atoms. The van der Waals surface area contributed by atoms with Crippen LogP contribution in [0.5, 0.6) is 5.75 Å². The van der Waals surface area contributed by atoms with Crippen LogP contribution in [0.15, 0.2) is 47.1 Å². The maximum Gasteiger partial charge on any atom is 0.189 e. The molecule has 0 bridgehead atoms. The summed E-state index contributed by atoms with van der Waals surface area (Å²) < 4.78 is 5.33. The molecule has 3 heteroatoms. The van der Waals surface area contributed by atoms with E-state index in [-0.39, 0.29) is 17.1 Å². The number of carbonyl (C=O) groups is 1. The third-order valence-electron chi connectivity index (χ3n) is 4.00. The summed E-state index contributed by atoms with van der Waals surface area (Å²) in [6.07, 6.45) is 4.85. The Bertz CT molecular complexity index is 929. The summed E-state index contributed by atoms with van der Waals surface area (Å²) in [6, 6.07) is 9.37. The fourth-order valence-corrected chi connectivity index (χ4v) is 2.73. The van der Waals surface area contributed by atoms with Crippen LogP contribution in [0, 0.1) is 20.8 Å². The van der Waals surface area contributed by atoms with Crippen molar-refractivity contribution in [3.8, 4) is 5.75 Å². The van der Waals surface area contributed by atoms with Crippen molar-refractivity contribution in [2.24, 2.45) is 0 Å². The number of carbonyl (C=O) groups excluding carboxylic acids is 1. The first kappa shape index (κ1) is 15.1. The molecule has 1 heterocycles. The second-order valence-electron chi connectivity index (χ2n) is 5.81. The second kappa shape index (κ2) is 5.76. The summed E-state index contributed by atoms with van der Waals surface area (Å²) in [5.41, 5.74) is 4.95. The van der Waals surface area contributed by atoms with E-state index in [1.807, 2.05) is 32.9 Å². The molecule has 0 radical (unpaired) electrons. The summed E-state index contributed by atoms with van der Waals surface area (Å²) in [4.78, 5) is 12.4. The van der Waals surface area contributed by atoms with Crippen LogP contribution in [0.1, 0.15) is 32.6 Å². The summed E-state index contributed by atoms with van der Waals surface area (Å²) in [5.74, 6) is -0.256. The molecular weight excluding hydrogens is 288 g/mol. The van der Waals surface area contributed by atoms with E-state index in [0.717, 1.165) is 16.7 Å². The fourth-order valence-electron chi connectivity index (χ4n) is 2.73. The Kier molecular flexibility index (Phi) is 3.78. The Morgan fingerprint density at radius 3 is 2.61 bits per heavy atom. The van der Waals surface area contributed by atoms with Crippen LogP contribution in [0.25, 0.3) is 17.0 Å². The highest BCUT2D eigenvalue weighted by atomic mass is 16.3. The lowest BCUT2D eigenvalue weighted by Crippen LogP contribution is -1.95. The molecule has 0 aliphatic rings. The zero-order chi connectivity index (χ0) is 16.6. The number of fused-ring (bicyclic) bond motifs is 1. The number of phenolic OH excluding ortho intramolecular Hbond substituents is 1. The highest BCUT2D eigenvalue weighted by Gasteiger charge is 2.15. The van der Waals surface area contributed by atoms with Gasteiger partial charge in [-0.05, 0) is 55.7 Å².